The van der Waals surface area contributed by atoms with Crippen molar-refractivity contribution in [3.63, 3.8) is 0 Å². The predicted octanol–water partition coefficient (Wildman–Crippen LogP) is 3.13. The number of nitrogens with zero attached hydrogens (tertiary/aromatic N) is 2. The molecule has 0 aliphatic carbocycles. The van der Waals surface area contributed by atoms with Crippen LogP contribution in [0.15, 0.2) is 24.3 Å². The average molecular weight is 275 g/mol. The Bertz CT molecular complexity index is 550. The number of aromatic nitrogens is 2. The smallest absolute Gasteiger partial charge is 0.126 e. The molecule has 0 aliphatic heterocycles. The summed E-state index contributed by atoms with van der Waals surface area (Å²) in [6.45, 7) is 8.17. The molecule has 4 heteroatoms. The lowest BCUT2D eigenvalue weighted by atomic mass is 10.2. The molecule has 1 N–H and O–H groups in total. The Balaban J connectivity index is 2.27. The minimum absolute atomic E-state index is 0.211. The summed E-state index contributed by atoms with van der Waals surface area (Å²) in [7, 11) is 1.75. The van der Waals surface area contributed by atoms with Gasteiger partial charge in [-0.2, -0.15) is 0 Å². The molecular formula is C16H25N3O. The van der Waals surface area contributed by atoms with Gasteiger partial charge in [0.25, 0.3) is 0 Å². The van der Waals surface area contributed by atoms with Gasteiger partial charge in [-0.3, -0.25) is 0 Å². The highest BCUT2D eigenvalue weighted by Crippen LogP contribution is 2.21. The molecular weight excluding hydrogens is 250 g/mol. The van der Waals surface area contributed by atoms with E-state index in [0.717, 1.165) is 30.9 Å². The second-order valence-electron chi connectivity index (χ2n) is 5.15. The summed E-state index contributed by atoms with van der Waals surface area (Å²) in [5.74, 6) is 1.10. The zero-order valence-corrected chi connectivity index (χ0v) is 12.9. The van der Waals surface area contributed by atoms with E-state index in [4.69, 9.17) is 9.72 Å². The third-order valence-electron chi connectivity index (χ3n) is 3.73. The van der Waals surface area contributed by atoms with Crippen molar-refractivity contribution in [1.82, 2.24) is 14.9 Å². The predicted molar refractivity (Wildman–Crippen MR) is 82.9 cm³/mol. The summed E-state index contributed by atoms with van der Waals surface area (Å²) in [6, 6.07) is 8.88. The molecule has 0 radical (unpaired) electrons. The number of aryl methyl sites for hydroxylation is 1. The molecule has 110 valence electrons. The van der Waals surface area contributed by atoms with Gasteiger partial charge in [0.1, 0.15) is 5.82 Å². The lowest BCUT2D eigenvalue weighted by Crippen LogP contribution is -2.35. The van der Waals surface area contributed by atoms with E-state index in [2.05, 4.69) is 48.9 Å². The van der Waals surface area contributed by atoms with Crippen LogP contribution in [0.25, 0.3) is 11.0 Å². The second-order valence-corrected chi connectivity index (χ2v) is 5.15. The van der Waals surface area contributed by atoms with Gasteiger partial charge in [-0.15, -0.1) is 0 Å². The summed E-state index contributed by atoms with van der Waals surface area (Å²) in [5.41, 5.74) is 2.27. The first-order valence-electron chi connectivity index (χ1n) is 7.41. The first-order chi connectivity index (χ1) is 9.71. The van der Waals surface area contributed by atoms with Crippen LogP contribution in [-0.2, 0) is 11.3 Å². The normalized spacial score (nSPS) is 14.6. The molecule has 0 amide bonds. The lowest BCUT2D eigenvalue weighted by molar-refractivity contribution is 0.158. The largest absolute Gasteiger partial charge is 0.383 e. The van der Waals surface area contributed by atoms with Crippen molar-refractivity contribution in [2.24, 2.45) is 0 Å². The van der Waals surface area contributed by atoms with Crippen LogP contribution in [0.4, 0.5) is 0 Å². The first-order valence-corrected chi connectivity index (χ1v) is 7.41. The Labute approximate surface area is 121 Å². The minimum Gasteiger partial charge on any atom is -0.383 e. The molecule has 20 heavy (non-hydrogen) atoms. The zero-order valence-electron chi connectivity index (χ0n) is 12.9. The van der Waals surface area contributed by atoms with Gasteiger partial charge in [0.2, 0.25) is 0 Å². The van der Waals surface area contributed by atoms with Gasteiger partial charge in [-0.1, -0.05) is 19.1 Å². The maximum atomic E-state index is 5.26. The van der Waals surface area contributed by atoms with E-state index in [0.29, 0.717) is 6.04 Å². The van der Waals surface area contributed by atoms with E-state index in [-0.39, 0.29) is 6.04 Å². The first kappa shape index (κ1) is 15.0. The van der Waals surface area contributed by atoms with E-state index >= 15 is 0 Å². The molecule has 0 spiro atoms. The van der Waals surface area contributed by atoms with Gasteiger partial charge in [0.05, 0.1) is 23.7 Å². The SMILES string of the molecule is CC[C@@H](COC)N[C@H](C)c1nc2ccccc2n1CC. The van der Waals surface area contributed by atoms with Crippen LogP contribution in [0.2, 0.25) is 0 Å². The molecule has 1 heterocycles. The number of methoxy groups -OCH3 is 1. The van der Waals surface area contributed by atoms with Crippen LogP contribution in [0.1, 0.15) is 39.1 Å². The highest BCUT2D eigenvalue weighted by atomic mass is 16.5. The lowest BCUT2D eigenvalue weighted by Gasteiger charge is -2.22. The second kappa shape index (κ2) is 6.86. The fourth-order valence-corrected chi connectivity index (χ4v) is 2.67. The molecule has 0 unspecified atom stereocenters. The molecule has 2 aromatic rings. The Kier molecular flexibility index (Phi) is 5.15. The molecule has 2 rings (SSSR count). The Morgan fingerprint density at radius 1 is 1.30 bits per heavy atom. The molecule has 1 aromatic carbocycles. The fraction of sp³-hybridized carbons (Fsp3) is 0.562. The average Bonchev–Trinajstić information content (AvgIpc) is 2.85. The van der Waals surface area contributed by atoms with E-state index in [9.17, 15) is 0 Å². The molecule has 4 nitrogen and oxygen atoms in total. The summed E-state index contributed by atoms with van der Waals surface area (Å²) in [6.07, 6.45) is 1.05. The van der Waals surface area contributed by atoms with Crippen molar-refractivity contribution < 1.29 is 4.74 Å². The number of rotatable bonds is 7. The van der Waals surface area contributed by atoms with Crippen molar-refractivity contribution in [2.75, 3.05) is 13.7 Å². The Morgan fingerprint density at radius 3 is 2.70 bits per heavy atom. The number of benzene rings is 1. The van der Waals surface area contributed by atoms with Gasteiger partial charge in [0, 0.05) is 19.7 Å². The van der Waals surface area contributed by atoms with Crippen molar-refractivity contribution in [1.29, 1.82) is 0 Å². The monoisotopic (exact) mass is 275 g/mol. The van der Waals surface area contributed by atoms with E-state index < -0.39 is 0 Å². The topological polar surface area (TPSA) is 39.1 Å². The molecule has 0 fully saturated rings. The fourth-order valence-electron chi connectivity index (χ4n) is 2.67. The third-order valence-corrected chi connectivity index (χ3v) is 3.73. The van der Waals surface area contributed by atoms with Crippen LogP contribution < -0.4 is 5.32 Å². The molecule has 0 aliphatic rings. The Hall–Kier alpha value is -1.39. The van der Waals surface area contributed by atoms with Crippen molar-refractivity contribution in [3.05, 3.63) is 30.1 Å². The maximum absolute atomic E-state index is 5.26. The number of nitrogens with one attached hydrogen (secondary N) is 1. The van der Waals surface area contributed by atoms with Crippen molar-refractivity contribution >= 4 is 11.0 Å². The van der Waals surface area contributed by atoms with Gasteiger partial charge >= 0.3 is 0 Å². The zero-order chi connectivity index (χ0) is 14.5. The Morgan fingerprint density at radius 2 is 2.05 bits per heavy atom. The van der Waals surface area contributed by atoms with Gasteiger partial charge < -0.3 is 14.6 Å². The maximum Gasteiger partial charge on any atom is 0.126 e. The van der Waals surface area contributed by atoms with E-state index in [1.807, 2.05) is 6.07 Å². The molecule has 0 saturated heterocycles. The van der Waals surface area contributed by atoms with Crippen LogP contribution in [0, 0.1) is 0 Å². The van der Waals surface area contributed by atoms with Crippen LogP contribution in [-0.4, -0.2) is 29.3 Å². The number of imidazole rings is 1. The van der Waals surface area contributed by atoms with E-state index in [1.165, 1.54) is 5.52 Å². The minimum atomic E-state index is 0.211. The van der Waals surface area contributed by atoms with Crippen molar-refractivity contribution in [3.8, 4) is 0 Å². The number of ether oxygens (including phenoxy) is 1. The highest BCUT2D eigenvalue weighted by Gasteiger charge is 2.18. The van der Waals surface area contributed by atoms with Crippen LogP contribution in [0.5, 0.6) is 0 Å². The van der Waals surface area contributed by atoms with Crippen LogP contribution in [0.3, 0.4) is 0 Å². The van der Waals surface area contributed by atoms with Crippen LogP contribution >= 0.6 is 0 Å². The van der Waals surface area contributed by atoms with Gasteiger partial charge in [-0.25, -0.2) is 4.98 Å². The summed E-state index contributed by atoms with van der Waals surface area (Å²) >= 11 is 0. The number of hydrogen-bond acceptors (Lipinski definition) is 3. The molecule has 0 bridgehead atoms. The summed E-state index contributed by atoms with van der Waals surface area (Å²) in [5, 5.41) is 3.61. The van der Waals surface area contributed by atoms with Crippen molar-refractivity contribution in [2.45, 2.75) is 45.8 Å². The molecule has 0 saturated carbocycles. The summed E-state index contributed by atoms with van der Waals surface area (Å²) in [4.78, 5) is 4.79. The number of hydrogen-bond donors (Lipinski definition) is 1. The standard InChI is InChI=1S/C16H25N3O/c1-5-13(11-20-4)17-12(3)16-18-14-9-7-8-10-15(14)19(16)6-2/h7-10,12-13,17H,5-6,11H2,1-4H3/t12-,13+/m1/s1. The third kappa shape index (κ3) is 3.02. The molecule has 1 aromatic heterocycles. The van der Waals surface area contributed by atoms with Gasteiger partial charge in [0.15, 0.2) is 0 Å². The highest BCUT2D eigenvalue weighted by molar-refractivity contribution is 5.76. The van der Waals surface area contributed by atoms with Gasteiger partial charge in [-0.05, 0) is 32.4 Å². The summed E-state index contributed by atoms with van der Waals surface area (Å²) < 4.78 is 7.54. The quantitative estimate of drug-likeness (QED) is 0.844. The van der Waals surface area contributed by atoms with E-state index in [1.54, 1.807) is 7.11 Å². The number of para-hydroxylation sites is 2. The number of fused-ring (bicyclic) bond motifs is 1. The molecule has 2 atom stereocenters.